The second-order valence-corrected chi connectivity index (χ2v) is 5.33. The van der Waals surface area contributed by atoms with Gasteiger partial charge < -0.3 is 10.1 Å². The van der Waals surface area contributed by atoms with Gasteiger partial charge in [-0.1, -0.05) is 43.7 Å². The van der Waals surface area contributed by atoms with Crippen LogP contribution in [0.1, 0.15) is 58.1 Å². The lowest BCUT2D eigenvalue weighted by molar-refractivity contribution is 0.0759. The first-order valence-electron chi connectivity index (χ1n) is 7.64. The van der Waals surface area contributed by atoms with Crippen molar-refractivity contribution >= 4 is 0 Å². The van der Waals surface area contributed by atoms with Gasteiger partial charge >= 0.3 is 0 Å². The van der Waals surface area contributed by atoms with Crippen LogP contribution >= 0.6 is 0 Å². The summed E-state index contributed by atoms with van der Waals surface area (Å²) in [6.07, 6.45) is 5.08. The Kier molecular flexibility index (Phi) is 8.52. The molecule has 0 bridgehead atoms. The zero-order chi connectivity index (χ0) is 13.9. The first kappa shape index (κ1) is 16.2. The van der Waals surface area contributed by atoms with Gasteiger partial charge in [-0.15, -0.1) is 0 Å². The van der Waals surface area contributed by atoms with E-state index in [1.54, 1.807) is 0 Å². The molecule has 1 aromatic carbocycles. The van der Waals surface area contributed by atoms with Crippen molar-refractivity contribution < 1.29 is 4.74 Å². The number of hydrogen-bond acceptors (Lipinski definition) is 2. The van der Waals surface area contributed by atoms with E-state index >= 15 is 0 Å². The first-order valence-corrected chi connectivity index (χ1v) is 7.64. The second kappa shape index (κ2) is 9.99. The molecule has 1 atom stereocenters. The summed E-state index contributed by atoms with van der Waals surface area (Å²) in [6.45, 7) is 8.37. The van der Waals surface area contributed by atoms with Crippen LogP contribution in [0.25, 0.3) is 0 Å². The van der Waals surface area contributed by atoms with Gasteiger partial charge in [0.15, 0.2) is 0 Å². The van der Waals surface area contributed by atoms with Gasteiger partial charge in [-0.3, -0.25) is 0 Å². The number of ether oxygens (including phenoxy) is 1. The highest BCUT2D eigenvalue weighted by atomic mass is 16.5. The summed E-state index contributed by atoms with van der Waals surface area (Å²) in [4.78, 5) is 0. The van der Waals surface area contributed by atoms with Crippen LogP contribution in [0.3, 0.4) is 0 Å². The molecule has 2 heteroatoms. The predicted octanol–water partition coefficient (Wildman–Crippen LogP) is 4.32. The van der Waals surface area contributed by atoms with E-state index in [4.69, 9.17) is 4.74 Å². The maximum absolute atomic E-state index is 5.55. The lowest BCUT2D eigenvalue weighted by Crippen LogP contribution is -2.22. The molecule has 1 unspecified atom stereocenters. The number of rotatable bonds is 10. The smallest absolute Gasteiger partial charge is 0.0518 e. The zero-order valence-corrected chi connectivity index (χ0v) is 12.7. The quantitative estimate of drug-likeness (QED) is 0.635. The molecule has 0 aliphatic rings. The Morgan fingerprint density at radius 1 is 1.11 bits per heavy atom. The van der Waals surface area contributed by atoms with Gasteiger partial charge in [0.2, 0.25) is 0 Å². The third kappa shape index (κ3) is 7.34. The Balaban J connectivity index is 2.23. The van der Waals surface area contributed by atoms with E-state index in [2.05, 4.69) is 56.4 Å². The van der Waals surface area contributed by atoms with Crippen molar-refractivity contribution in [2.24, 2.45) is 0 Å². The summed E-state index contributed by atoms with van der Waals surface area (Å²) in [7, 11) is 0. The van der Waals surface area contributed by atoms with E-state index < -0.39 is 0 Å². The lowest BCUT2D eigenvalue weighted by Gasteiger charge is -2.18. The van der Waals surface area contributed by atoms with Gasteiger partial charge in [0.05, 0.1) is 6.10 Å². The van der Waals surface area contributed by atoms with Gasteiger partial charge in [0.1, 0.15) is 0 Å². The molecular weight excluding hydrogens is 234 g/mol. The predicted molar refractivity (Wildman–Crippen MR) is 82.4 cm³/mol. The fraction of sp³-hybridized carbons (Fsp3) is 0.647. The highest BCUT2D eigenvalue weighted by Crippen LogP contribution is 2.17. The molecular formula is C17H29NO. The van der Waals surface area contributed by atoms with Crippen molar-refractivity contribution in [2.75, 3.05) is 13.2 Å². The molecule has 0 aliphatic heterocycles. The van der Waals surface area contributed by atoms with E-state index in [1.165, 1.54) is 24.8 Å². The Labute approximate surface area is 118 Å². The lowest BCUT2D eigenvalue weighted by atomic mass is 10.0. The summed E-state index contributed by atoms with van der Waals surface area (Å²) in [5.74, 6) is 0. The van der Waals surface area contributed by atoms with E-state index in [1.807, 2.05) is 0 Å². The van der Waals surface area contributed by atoms with Crippen LogP contribution in [0.5, 0.6) is 0 Å². The van der Waals surface area contributed by atoms with Crippen molar-refractivity contribution in [3.8, 4) is 0 Å². The Morgan fingerprint density at radius 3 is 2.47 bits per heavy atom. The average molecular weight is 263 g/mol. The van der Waals surface area contributed by atoms with E-state index in [0.29, 0.717) is 12.1 Å². The van der Waals surface area contributed by atoms with Gasteiger partial charge in [0, 0.05) is 12.6 Å². The van der Waals surface area contributed by atoms with Crippen molar-refractivity contribution in [3.63, 3.8) is 0 Å². The monoisotopic (exact) mass is 263 g/mol. The van der Waals surface area contributed by atoms with Gasteiger partial charge in [-0.05, 0) is 45.2 Å². The highest BCUT2D eigenvalue weighted by molar-refractivity contribution is 5.18. The SMILES string of the molecule is CCCC(NCCCCOC(C)C)c1ccccc1. The molecule has 0 saturated carbocycles. The molecule has 0 heterocycles. The fourth-order valence-electron chi connectivity index (χ4n) is 2.18. The molecule has 1 rings (SSSR count). The number of nitrogens with one attached hydrogen (secondary N) is 1. The minimum atomic E-state index is 0.352. The van der Waals surface area contributed by atoms with Crippen LogP contribution in [0, 0.1) is 0 Å². The van der Waals surface area contributed by atoms with Crippen molar-refractivity contribution in [3.05, 3.63) is 35.9 Å². The summed E-state index contributed by atoms with van der Waals surface area (Å²) in [6, 6.07) is 11.3. The molecule has 0 aliphatic carbocycles. The Hall–Kier alpha value is -0.860. The molecule has 19 heavy (non-hydrogen) atoms. The van der Waals surface area contributed by atoms with Crippen molar-refractivity contribution in [1.29, 1.82) is 0 Å². The van der Waals surface area contributed by atoms with Crippen molar-refractivity contribution in [2.45, 2.75) is 58.6 Å². The maximum Gasteiger partial charge on any atom is 0.0518 e. The third-order valence-corrected chi connectivity index (χ3v) is 3.19. The van der Waals surface area contributed by atoms with Crippen LogP contribution in [0.2, 0.25) is 0 Å². The van der Waals surface area contributed by atoms with Gasteiger partial charge in [-0.25, -0.2) is 0 Å². The number of benzene rings is 1. The molecule has 1 aromatic rings. The van der Waals surface area contributed by atoms with E-state index in [9.17, 15) is 0 Å². The summed E-state index contributed by atoms with van der Waals surface area (Å²) in [5, 5.41) is 3.67. The van der Waals surface area contributed by atoms with Gasteiger partial charge in [0.25, 0.3) is 0 Å². The van der Waals surface area contributed by atoms with Crippen molar-refractivity contribution in [1.82, 2.24) is 5.32 Å². The largest absolute Gasteiger partial charge is 0.379 e. The van der Waals surface area contributed by atoms with E-state index in [0.717, 1.165) is 19.6 Å². The summed E-state index contributed by atoms with van der Waals surface area (Å²) >= 11 is 0. The van der Waals surface area contributed by atoms with Crippen LogP contribution in [-0.4, -0.2) is 19.3 Å². The van der Waals surface area contributed by atoms with Crippen LogP contribution in [0.4, 0.5) is 0 Å². The summed E-state index contributed by atoms with van der Waals surface area (Å²) < 4.78 is 5.55. The number of hydrogen-bond donors (Lipinski definition) is 1. The zero-order valence-electron chi connectivity index (χ0n) is 12.7. The average Bonchev–Trinajstić information content (AvgIpc) is 2.42. The fourth-order valence-corrected chi connectivity index (χ4v) is 2.18. The molecule has 0 spiro atoms. The first-order chi connectivity index (χ1) is 9.24. The van der Waals surface area contributed by atoms with Gasteiger partial charge in [-0.2, -0.15) is 0 Å². The second-order valence-electron chi connectivity index (χ2n) is 5.33. The van der Waals surface area contributed by atoms with Crippen LogP contribution in [0.15, 0.2) is 30.3 Å². The third-order valence-electron chi connectivity index (χ3n) is 3.19. The maximum atomic E-state index is 5.55. The molecule has 0 saturated heterocycles. The Bertz CT molecular complexity index is 310. The number of unbranched alkanes of at least 4 members (excludes halogenated alkanes) is 1. The minimum absolute atomic E-state index is 0.352. The normalized spacial score (nSPS) is 12.8. The van der Waals surface area contributed by atoms with E-state index in [-0.39, 0.29) is 0 Å². The minimum Gasteiger partial charge on any atom is -0.379 e. The molecule has 2 nitrogen and oxygen atoms in total. The van der Waals surface area contributed by atoms with Crippen LogP contribution in [-0.2, 0) is 4.74 Å². The van der Waals surface area contributed by atoms with Crippen LogP contribution < -0.4 is 5.32 Å². The molecule has 0 fully saturated rings. The molecule has 108 valence electrons. The summed E-state index contributed by atoms with van der Waals surface area (Å²) in [5.41, 5.74) is 1.41. The highest BCUT2D eigenvalue weighted by Gasteiger charge is 2.08. The molecule has 0 radical (unpaired) electrons. The topological polar surface area (TPSA) is 21.3 Å². The Morgan fingerprint density at radius 2 is 1.84 bits per heavy atom. The standard InChI is InChI=1S/C17H29NO/c1-4-10-17(16-11-6-5-7-12-16)18-13-8-9-14-19-15(2)3/h5-7,11-12,15,17-18H,4,8-10,13-14H2,1-3H3. The molecule has 1 N–H and O–H groups in total. The molecule has 0 aromatic heterocycles. The molecule has 0 amide bonds.